The zero-order valence-corrected chi connectivity index (χ0v) is 19.8. The molecule has 0 aromatic heterocycles. The van der Waals surface area contributed by atoms with Crippen molar-refractivity contribution >= 4 is 46.4 Å². The van der Waals surface area contributed by atoms with E-state index in [1.165, 1.54) is 0 Å². The van der Waals surface area contributed by atoms with Crippen molar-refractivity contribution in [3.63, 3.8) is 0 Å². The molecule has 2 amide bonds. The highest BCUT2D eigenvalue weighted by Gasteiger charge is 2.19. The molecule has 0 spiro atoms. The van der Waals surface area contributed by atoms with Gasteiger partial charge in [0.25, 0.3) is 5.91 Å². The molecule has 0 radical (unpaired) electrons. The van der Waals surface area contributed by atoms with E-state index in [9.17, 15) is 14.9 Å². The number of hydrogen-bond acceptors (Lipinski definition) is 3. The molecule has 168 valence electrons. The van der Waals surface area contributed by atoms with Crippen LogP contribution in [0.5, 0.6) is 0 Å². The van der Waals surface area contributed by atoms with Crippen LogP contribution < -0.4 is 10.6 Å². The van der Waals surface area contributed by atoms with Gasteiger partial charge in [0.2, 0.25) is 5.91 Å². The van der Waals surface area contributed by atoms with E-state index < -0.39 is 5.92 Å². The maximum absolute atomic E-state index is 12.8. The molecule has 0 unspecified atom stereocenters. The summed E-state index contributed by atoms with van der Waals surface area (Å²) in [6.45, 7) is 3.77. The molecular weight excluding hydrogens is 457 g/mol. The molecule has 3 aromatic rings. The first-order valence-corrected chi connectivity index (χ1v) is 11.2. The second-order valence-corrected chi connectivity index (χ2v) is 8.48. The number of nitriles is 1. The number of nitrogens with zero attached hydrogens (tertiary/aromatic N) is 1. The SMILES string of the molecule is CCCC(=O)Nc1cccc(C(=O)Nc2cc(Cl)c([C@H](C#N)c3ccc(Cl)cc3)cc2C)c1. The quantitative estimate of drug-likeness (QED) is 0.384. The molecule has 0 aliphatic carbocycles. The highest BCUT2D eigenvalue weighted by molar-refractivity contribution is 6.32. The average molecular weight is 480 g/mol. The number of aryl methyl sites for hydroxylation is 1. The van der Waals surface area contributed by atoms with Gasteiger partial charge in [-0.2, -0.15) is 5.26 Å². The number of amides is 2. The molecule has 33 heavy (non-hydrogen) atoms. The summed E-state index contributed by atoms with van der Waals surface area (Å²) in [6, 6.07) is 19.5. The number of anilines is 2. The number of rotatable bonds is 7. The highest BCUT2D eigenvalue weighted by Crippen LogP contribution is 2.34. The van der Waals surface area contributed by atoms with Crippen molar-refractivity contribution in [1.29, 1.82) is 5.26 Å². The van der Waals surface area contributed by atoms with E-state index in [1.54, 1.807) is 54.6 Å². The Morgan fingerprint density at radius 3 is 2.42 bits per heavy atom. The molecule has 0 fully saturated rings. The molecule has 5 nitrogen and oxygen atoms in total. The van der Waals surface area contributed by atoms with E-state index in [0.29, 0.717) is 39.0 Å². The van der Waals surface area contributed by atoms with Gasteiger partial charge in [0.1, 0.15) is 0 Å². The molecule has 0 aliphatic rings. The van der Waals surface area contributed by atoms with Gasteiger partial charge in [-0.3, -0.25) is 9.59 Å². The molecule has 0 bridgehead atoms. The van der Waals surface area contributed by atoms with Crippen molar-refractivity contribution in [3.05, 3.63) is 93.0 Å². The summed E-state index contributed by atoms with van der Waals surface area (Å²) in [5.41, 5.74) is 3.71. The fourth-order valence-corrected chi connectivity index (χ4v) is 3.82. The molecule has 3 aromatic carbocycles. The molecular formula is C26H23Cl2N3O2. The fraction of sp³-hybridized carbons (Fsp3) is 0.192. The van der Waals surface area contributed by atoms with Crippen molar-refractivity contribution in [2.75, 3.05) is 10.6 Å². The number of nitrogens with one attached hydrogen (secondary N) is 2. The molecule has 2 N–H and O–H groups in total. The zero-order valence-electron chi connectivity index (χ0n) is 18.3. The maximum Gasteiger partial charge on any atom is 0.255 e. The summed E-state index contributed by atoms with van der Waals surface area (Å²) in [6.07, 6.45) is 1.16. The summed E-state index contributed by atoms with van der Waals surface area (Å²) < 4.78 is 0. The Bertz CT molecular complexity index is 1220. The smallest absolute Gasteiger partial charge is 0.255 e. The normalized spacial score (nSPS) is 11.4. The Balaban J connectivity index is 1.82. The fourth-order valence-electron chi connectivity index (χ4n) is 3.42. The van der Waals surface area contributed by atoms with Crippen molar-refractivity contribution in [2.24, 2.45) is 0 Å². The minimum atomic E-state index is -0.568. The minimum Gasteiger partial charge on any atom is -0.326 e. The van der Waals surface area contributed by atoms with E-state index >= 15 is 0 Å². The van der Waals surface area contributed by atoms with Crippen LogP contribution in [0.2, 0.25) is 10.0 Å². The predicted molar refractivity (Wildman–Crippen MR) is 133 cm³/mol. The lowest BCUT2D eigenvalue weighted by Crippen LogP contribution is -2.15. The monoisotopic (exact) mass is 479 g/mol. The third-order valence-corrected chi connectivity index (χ3v) is 5.70. The Kier molecular flexibility index (Phi) is 8.11. The highest BCUT2D eigenvalue weighted by atomic mass is 35.5. The van der Waals surface area contributed by atoms with E-state index in [1.807, 2.05) is 19.9 Å². The van der Waals surface area contributed by atoms with Crippen LogP contribution in [0.3, 0.4) is 0 Å². The number of hydrogen-bond donors (Lipinski definition) is 2. The van der Waals surface area contributed by atoms with Crippen molar-refractivity contribution in [1.82, 2.24) is 0 Å². The van der Waals surface area contributed by atoms with Crippen LogP contribution in [-0.2, 0) is 4.79 Å². The first-order chi connectivity index (χ1) is 15.8. The Labute approximate surface area is 203 Å². The minimum absolute atomic E-state index is 0.0963. The third-order valence-electron chi connectivity index (χ3n) is 5.12. The lowest BCUT2D eigenvalue weighted by Gasteiger charge is -2.16. The maximum atomic E-state index is 12.8. The molecule has 7 heteroatoms. The van der Waals surface area contributed by atoms with Crippen molar-refractivity contribution in [2.45, 2.75) is 32.6 Å². The van der Waals surface area contributed by atoms with Gasteiger partial charge in [-0.15, -0.1) is 0 Å². The number of benzene rings is 3. The number of carbonyl (C=O) groups is 2. The summed E-state index contributed by atoms with van der Waals surface area (Å²) >= 11 is 12.5. The molecule has 0 saturated carbocycles. The lowest BCUT2D eigenvalue weighted by molar-refractivity contribution is -0.116. The largest absolute Gasteiger partial charge is 0.326 e. The van der Waals surface area contributed by atoms with Gasteiger partial charge in [-0.05, 0) is 66.4 Å². The van der Waals surface area contributed by atoms with E-state index in [-0.39, 0.29) is 11.8 Å². The second-order valence-electron chi connectivity index (χ2n) is 7.64. The average Bonchev–Trinajstić information content (AvgIpc) is 2.79. The van der Waals surface area contributed by atoms with Gasteiger partial charge < -0.3 is 10.6 Å². The van der Waals surface area contributed by atoms with Gasteiger partial charge in [-0.25, -0.2) is 0 Å². The van der Waals surface area contributed by atoms with Crippen LogP contribution in [0.1, 0.15) is 52.7 Å². The molecule has 0 saturated heterocycles. The first kappa shape index (κ1) is 24.3. The lowest BCUT2D eigenvalue weighted by atomic mass is 9.91. The Morgan fingerprint density at radius 1 is 1.03 bits per heavy atom. The van der Waals surface area contributed by atoms with Crippen LogP contribution in [0, 0.1) is 18.3 Å². The Hall–Kier alpha value is -3.33. The second kappa shape index (κ2) is 11.0. The zero-order chi connectivity index (χ0) is 24.0. The van der Waals surface area contributed by atoms with E-state index in [0.717, 1.165) is 17.5 Å². The Morgan fingerprint density at radius 2 is 1.76 bits per heavy atom. The van der Waals surface area contributed by atoms with Gasteiger partial charge in [0, 0.05) is 33.4 Å². The summed E-state index contributed by atoms with van der Waals surface area (Å²) in [7, 11) is 0. The molecule has 3 rings (SSSR count). The van der Waals surface area contributed by atoms with Gasteiger partial charge >= 0.3 is 0 Å². The van der Waals surface area contributed by atoms with Crippen LogP contribution in [0.25, 0.3) is 0 Å². The number of halogens is 2. The van der Waals surface area contributed by atoms with Gasteiger partial charge in [-0.1, -0.05) is 54.4 Å². The van der Waals surface area contributed by atoms with Gasteiger partial charge in [0.05, 0.1) is 12.0 Å². The summed E-state index contributed by atoms with van der Waals surface area (Å²) in [5, 5.41) is 16.4. The molecule has 0 heterocycles. The number of carbonyl (C=O) groups excluding carboxylic acids is 2. The van der Waals surface area contributed by atoms with E-state index in [2.05, 4.69) is 16.7 Å². The summed E-state index contributed by atoms with van der Waals surface area (Å²) in [4.78, 5) is 24.7. The standard InChI is InChI=1S/C26H23Cl2N3O2/c1-3-5-25(32)30-20-7-4-6-18(13-20)26(33)31-24-14-23(28)21(12-16(24)2)22(15-29)17-8-10-19(27)11-9-17/h4,6-14,22H,3,5H2,1-2H3,(H,30,32)(H,31,33)/t22-/m1/s1. The predicted octanol–water partition coefficient (Wildman–Crippen LogP) is 6.95. The van der Waals surface area contributed by atoms with Crippen LogP contribution >= 0.6 is 23.2 Å². The first-order valence-electron chi connectivity index (χ1n) is 10.5. The topological polar surface area (TPSA) is 82.0 Å². The van der Waals surface area contributed by atoms with Gasteiger partial charge in [0.15, 0.2) is 0 Å². The van der Waals surface area contributed by atoms with Crippen molar-refractivity contribution in [3.8, 4) is 6.07 Å². The molecule has 0 aliphatic heterocycles. The van der Waals surface area contributed by atoms with Crippen LogP contribution in [-0.4, -0.2) is 11.8 Å². The van der Waals surface area contributed by atoms with Crippen molar-refractivity contribution < 1.29 is 9.59 Å². The molecule has 1 atom stereocenters. The van der Waals surface area contributed by atoms with Crippen LogP contribution in [0.4, 0.5) is 11.4 Å². The summed E-state index contributed by atoms with van der Waals surface area (Å²) in [5.74, 6) is -0.995. The van der Waals surface area contributed by atoms with E-state index in [4.69, 9.17) is 23.2 Å². The third kappa shape index (κ3) is 6.13. The van der Waals surface area contributed by atoms with Crippen LogP contribution in [0.15, 0.2) is 60.7 Å².